The van der Waals surface area contributed by atoms with E-state index < -0.39 is 0 Å². The molecule has 4 nitrogen and oxygen atoms in total. The van der Waals surface area contributed by atoms with Crippen molar-refractivity contribution in [1.29, 1.82) is 0 Å². The van der Waals surface area contributed by atoms with E-state index in [1.165, 1.54) is 23.5 Å². The van der Waals surface area contributed by atoms with Gasteiger partial charge in [-0.1, -0.05) is 18.2 Å². The van der Waals surface area contributed by atoms with Gasteiger partial charge >= 0.3 is 0 Å². The normalized spacial score (nSPS) is 11.0. The third kappa shape index (κ3) is 5.09. The lowest BCUT2D eigenvalue weighted by molar-refractivity contribution is -0.129. The molecule has 0 unspecified atom stereocenters. The van der Waals surface area contributed by atoms with Gasteiger partial charge in [0.1, 0.15) is 10.8 Å². The number of nitrogens with zero attached hydrogens (tertiary/aromatic N) is 1. The van der Waals surface area contributed by atoms with Crippen LogP contribution in [0.5, 0.6) is 0 Å². The number of amides is 1. The molecule has 0 bridgehead atoms. The van der Waals surface area contributed by atoms with Crippen LogP contribution >= 0.6 is 11.3 Å². The third-order valence-corrected chi connectivity index (χ3v) is 3.68. The Morgan fingerprint density at radius 2 is 2.10 bits per heavy atom. The van der Waals surface area contributed by atoms with Crippen LogP contribution in [0.2, 0.25) is 0 Å². The van der Waals surface area contributed by atoms with Crippen molar-refractivity contribution in [2.24, 2.45) is 0 Å². The van der Waals surface area contributed by atoms with Crippen LogP contribution in [0.25, 0.3) is 12.2 Å². The highest BCUT2D eigenvalue weighted by Crippen LogP contribution is 2.15. The zero-order valence-electron chi connectivity index (χ0n) is 11.3. The zero-order chi connectivity index (χ0) is 15.1. The first-order valence-electron chi connectivity index (χ1n) is 6.48. The van der Waals surface area contributed by atoms with E-state index >= 15 is 0 Å². The summed E-state index contributed by atoms with van der Waals surface area (Å²) in [5.74, 6) is -0.641. The van der Waals surface area contributed by atoms with Crippen molar-refractivity contribution >= 4 is 29.4 Å². The summed E-state index contributed by atoms with van der Waals surface area (Å²) >= 11 is 1.51. The summed E-state index contributed by atoms with van der Waals surface area (Å²) < 4.78 is 12.8. The molecule has 1 amide bonds. The summed E-state index contributed by atoms with van der Waals surface area (Å²) in [6.45, 7) is 0. The fraction of sp³-hybridized carbons (Fsp3) is 0.200. The summed E-state index contributed by atoms with van der Waals surface area (Å²) in [5.41, 5.74) is 3.44. The van der Waals surface area contributed by atoms with Gasteiger partial charge in [-0.25, -0.2) is 14.9 Å². The van der Waals surface area contributed by atoms with E-state index in [-0.39, 0.29) is 18.1 Å². The Hall–Kier alpha value is -2.05. The molecule has 0 aliphatic carbocycles. The van der Waals surface area contributed by atoms with Gasteiger partial charge < -0.3 is 0 Å². The Bertz CT molecular complexity index is 623. The van der Waals surface area contributed by atoms with Crippen molar-refractivity contribution in [2.75, 3.05) is 0 Å². The molecule has 110 valence electrons. The first kappa shape index (κ1) is 15.3. The van der Waals surface area contributed by atoms with Crippen LogP contribution < -0.4 is 5.48 Å². The number of carbonyl (C=O) groups is 1. The molecule has 0 aliphatic heterocycles. The minimum atomic E-state index is -0.387. The van der Waals surface area contributed by atoms with Gasteiger partial charge in [0.15, 0.2) is 0 Å². The van der Waals surface area contributed by atoms with E-state index in [1.54, 1.807) is 17.6 Å². The molecule has 1 heterocycles. The maximum Gasteiger partial charge on any atom is 0.243 e. The number of hydrogen-bond donors (Lipinski definition) is 2. The second kappa shape index (κ2) is 7.66. The Morgan fingerprint density at radius 1 is 1.33 bits per heavy atom. The fourth-order valence-corrected chi connectivity index (χ4v) is 2.49. The van der Waals surface area contributed by atoms with Crippen LogP contribution in [0.15, 0.2) is 29.6 Å². The quantitative estimate of drug-likeness (QED) is 0.636. The van der Waals surface area contributed by atoms with E-state index in [9.17, 15) is 9.18 Å². The summed E-state index contributed by atoms with van der Waals surface area (Å²) in [4.78, 5) is 15.3. The van der Waals surface area contributed by atoms with E-state index in [4.69, 9.17) is 5.21 Å². The van der Waals surface area contributed by atoms with E-state index in [0.717, 1.165) is 16.3 Å². The van der Waals surface area contributed by atoms with Crippen LogP contribution in [-0.2, 0) is 11.2 Å². The summed E-state index contributed by atoms with van der Waals surface area (Å²) in [6, 6.07) is 6.24. The Morgan fingerprint density at radius 3 is 2.81 bits per heavy atom. The van der Waals surface area contributed by atoms with Gasteiger partial charge in [0, 0.05) is 11.8 Å². The average molecular weight is 306 g/mol. The standard InChI is InChI=1S/C15H15FN2O2S/c16-12-7-4-11(5-8-12)6-9-15-17-13(10-21-15)2-1-3-14(19)18-20/h4-10,20H,1-3H2,(H,18,19)/b9-6+. The Kier molecular flexibility index (Phi) is 5.59. The lowest BCUT2D eigenvalue weighted by atomic mass is 10.2. The number of nitrogens with one attached hydrogen (secondary N) is 1. The number of carbonyl (C=O) groups excluding carboxylic acids is 1. The molecular formula is C15H15FN2O2S. The molecule has 0 saturated carbocycles. The number of rotatable bonds is 6. The van der Waals surface area contributed by atoms with Crippen molar-refractivity contribution < 1.29 is 14.4 Å². The molecule has 1 aromatic heterocycles. The van der Waals surface area contributed by atoms with Gasteiger partial charge in [-0.2, -0.15) is 0 Å². The molecule has 1 aromatic carbocycles. The van der Waals surface area contributed by atoms with Crippen LogP contribution in [0.3, 0.4) is 0 Å². The largest absolute Gasteiger partial charge is 0.289 e. The maximum atomic E-state index is 12.8. The highest BCUT2D eigenvalue weighted by molar-refractivity contribution is 7.10. The number of aryl methyl sites for hydroxylation is 1. The van der Waals surface area contributed by atoms with Gasteiger partial charge in [0.2, 0.25) is 5.91 Å². The second-order valence-corrected chi connectivity index (χ2v) is 5.34. The van der Waals surface area contributed by atoms with Gasteiger partial charge in [-0.3, -0.25) is 10.0 Å². The predicted molar refractivity (Wildman–Crippen MR) is 80.3 cm³/mol. The highest BCUT2D eigenvalue weighted by atomic mass is 32.1. The van der Waals surface area contributed by atoms with Crippen LogP contribution in [0.1, 0.15) is 29.1 Å². The van der Waals surface area contributed by atoms with E-state index in [2.05, 4.69) is 4.98 Å². The Balaban J connectivity index is 1.87. The lowest BCUT2D eigenvalue weighted by Gasteiger charge is -1.96. The highest BCUT2D eigenvalue weighted by Gasteiger charge is 2.02. The Labute approximate surface area is 125 Å². The predicted octanol–water partition coefficient (Wildman–Crippen LogP) is 3.28. The molecule has 2 aromatic rings. The molecular weight excluding hydrogens is 291 g/mol. The minimum Gasteiger partial charge on any atom is -0.289 e. The molecule has 0 spiro atoms. The average Bonchev–Trinajstić information content (AvgIpc) is 2.94. The number of hydroxylamine groups is 1. The summed E-state index contributed by atoms with van der Waals surface area (Å²) in [5, 5.41) is 11.2. The first-order valence-corrected chi connectivity index (χ1v) is 7.36. The number of aromatic nitrogens is 1. The molecule has 21 heavy (non-hydrogen) atoms. The van der Waals surface area contributed by atoms with Crippen molar-refractivity contribution in [3.05, 3.63) is 51.7 Å². The fourth-order valence-electron chi connectivity index (χ4n) is 1.74. The maximum absolute atomic E-state index is 12.8. The van der Waals surface area contributed by atoms with E-state index in [1.807, 2.05) is 17.5 Å². The SMILES string of the molecule is O=C(CCCc1csc(/C=C/c2ccc(F)cc2)n1)NO. The third-order valence-electron chi connectivity index (χ3n) is 2.82. The number of halogens is 1. The van der Waals surface area contributed by atoms with Crippen molar-refractivity contribution in [2.45, 2.75) is 19.3 Å². The molecule has 2 N–H and O–H groups in total. The smallest absolute Gasteiger partial charge is 0.243 e. The van der Waals surface area contributed by atoms with Crippen molar-refractivity contribution in [3.8, 4) is 0 Å². The van der Waals surface area contributed by atoms with Crippen molar-refractivity contribution in [1.82, 2.24) is 10.5 Å². The molecule has 6 heteroatoms. The van der Waals surface area contributed by atoms with E-state index in [0.29, 0.717) is 12.8 Å². The molecule has 0 fully saturated rings. The first-order chi connectivity index (χ1) is 10.2. The minimum absolute atomic E-state index is 0.254. The van der Waals surface area contributed by atoms with Gasteiger partial charge in [0.05, 0.1) is 5.69 Å². The summed E-state index contributed by atoms with van der Waals surface area (Å²) in [7, 11) is 0. The molecule has 0 aliphatic rings. The topological polar surface area (TPSA) is 62.2 Å². The molecule has 2 rings (SSSR count). The van der Waals surface area contributed by atoms with Crippen molar-refractivity contribution in [3.63, 3.8) is 0 Å². The molecule has 0 atom stereocenters. The molecule has 0 radical (unpaired) electrons. The number of benzene rings is 1. The summed E-state index contributed by atoms with van der Waals surface area (Å²) in [6.07, 6.45) is 5.35. The van der Waals surface area contributed by atoms with Crippen LogP contribution in [0.4, 0.5) is 4.39 Å². The van der Waals surface area contributed by atoms with Crippen LogP contribution in [-0.4, -0.2) is 16.1 Å². The number of thiazole rings is 1. The lowest BCUT2D eigenvalue weighted by Crippen LogP contribution is -2.18. The van der Waals surface area contributed by atoms with Gasteiger partial charge in [0.25, 0.3) is 0 Å². The van der Waals surface area contributed by atoms with Gasteiger partial charge in [-0.15, -0.1) is 11.3 Å². The molecule has 0 saturated heterocycles. The monoisotopic (exact) mass is 306 g/mol. The van der Waals surface area contributed by atoms with Crippen LogP contribution in [0, 0.1) is 5.82 Å². The number of hydrogen-bond acceptors (Lipinski definition) is 4. The van der Waals surface area contributed by atoms with Gasteiger partial charge in [-0.05, 0) is 36.6 Å². The second-order valence-electron chi connectivity index (χ2n) is 4.45. The zero-order valence-corrected chi connectivity index (χ0v) is 12.1.